The van der Waals surface area contributed by atoms with Crippen molar-refractivity contribution in [3.05, 3.63) is 30.3 Å². The summed E-state index contributed by atoms with van der Waals surface area (Å²) in [6.07, 6.45) is 2.51. The van der Waals surface area contributed by atoms with Crippen molar-refractivity contribution >= 4 is 36.0 Å². The fourth-order valence-electron chi connectivity index (χ4n) is 1.81. The Labute approximate surface area is 153 Å². The normalized spacial score (nSPS) is 12.5. The molecule has 0 bridgehead atoms. The van der Waals surface area contributed by atoms with Gasteiger partial charge in [0.2, 0.25) is 5.91 Å². The lowest BCUT2D eigenvalue weighted by molar-refractivity contribution is -0.130. The minimum Gasteiger partial charge on any atom is -0.484 e. The summed E-state index contributed by atoms with van der Waals surface area (Å²) in [5.41, 5.74) is 5.51. The van der Waals surface area contributed by atoms with Crippen molar-refractivity contribution in [3.8, 4) is 5.75 Å². The van der Waals surface area contributed by atoms with Crippen LogP contribution in [0.4, 0.5) is 0 Å². The van der Waals surface area contributed by atoms with Crippen LogP contribution in [0, 0.1) is 0 Å². The molecule has 0 aliphatic heterocycles. The van der Waals surface area contributed by atoms with Crippen LogP contribution in [0.2, 0.25) is 0 Å². The number of para-hydroxylation sites is 1. The van der Waals surface area contributed by atoms with Gasteiger partial charge in [0, 0.05) is 12.6 Å². The maximum atomic E-state index is 12.2. The number of carbonyl (C=O) groups is 2. The quantitative estimate of drug-likeness (QED) is 0.571. The maximum Gasteiger partial charge on any atom is 0.258 e. The molecule has 0 aliphatic carbocycles. The van der Waals surface area contributed by atoms with Gasteiger partial charge >= 0.3 is 0 Å². The first kappa shape index (κ1) is 22.6. The smallest absolute Gasteiger partial charge is 0.258 e. The van der Waals surface area contributed by atoms with Crippen LogP contribution in [0.25, 0.3) is 0 Å². The van der Waals surface area contributed by atoms with Crippen molar-refractivity contribution < 1.29 is 14.3 Å². The molecule has 0 saturated carbocycles. The summed E-state index contributed by atoms with van der Waals surface area (Å²) in [5.74, 6) is 0.847. The van der Waals surface area contributed by atoms with Crippen LogP contribution in [-0.2, 0) is 9.59 Å². The van der Waals surface area contributed by atoms with E-state index in [-0.39, 0.29) is 36.9 Å². The van der Waals surface area contributed by atoms with E-state index in [0.717, 1.165) is 5.75 Å². The molecule has 0 fully saturated rings. The van der Waals surface area contributed by atoms with Crippen LogP contribution in [0.15, 0.2) is 30.3 Å². The van der Waals surface area contributed by atoms with Crippen LogP contribution < -0.4 is 21.1 Å². The highest BCUT2D eigenvalue weighted by atomic mass is 35.5. The Bertz CT molecular complexity index is 491. The zero-order chi connectivity index (χ0) is 17.1. The molecule has 0 radical (unpaired) electrons. The summed E-state index contributed by atoms with van der Waals surface area (Å²) in [6, 6.07) is 8.36. The van der Waals surface area contributed by atoms with Crippen molar-refractivity contribution in [1.29, 1.82) is 0 Å². The predicted molar refractivity (Wildman–Crippen MR) is 101 cm³/mol. The number of amides is 2. The largest absolute Gasteiger partial charge is 0.484 e. The van der Waals surface area contributed by atoms with Crippen molar-refractivity contribution in [2.45, 2.75) is 25.4 Å². The zero-order valence-corrected chi connectivity index (χ0v) is 15.6. The first-order valence-corrected chi connectivity index (χ1v) is 8.92. The van der Waals surface area contributed by atoms with Crippen LogP contribution in [-0.4, -0.2) is 49.1 Å². The van der Waals surface area contributed by atoms with Gasteiger partial charge in [-0.15, -0.1) is 12.4 Å². The first-order chi connectivity index (χ1) is 11.1. The number of nitrogens with two attached hydrogens (primary N) is 1. The zero-order valence-electron chi connectivity index (χ0n) is 14.0. The van der Waals surface area contributed by atoms with E-state index in [0.29, 0.717) is 18.7 Å². The average molecular weight is 376 g/mol. The van der Waals surface area contributed by atoms with Gasteiger partial charge < -0.3 is 21.1 Å². The number of hydrogen-bond donors (Lipinski definition) is 3. The van der Waals surface area contributed by atoms with Crippen LogP contribution in [0.1, 0.15) is 13.3 Å². The number of ether oxygens (including phenoxy) is 1. The molecule has 2 atom stereocenters. The van der Waals surface area contributed by atoms with Gasteiger partial charge in [0.05, 0.1) is 0 Å². The summed E-state index contributed by atoms with van der Waals surface area (Å²) < 4.78 is 5.39. The van der Waals surface area contributed by atoms with Crippen molar-refractivity contribution in [2.24, 2.45) is 5.73 Å². The van der Waals surface area contributed by atoms with Crippen molar-refractivity contribution in [3.63, 3.8) is 0 Å². The van der Waals surface area contributed by atoms with Crippen LogP contribution >= 0.6 is 24.2 Å². The lowest BCUT2D eigenvalue weighted by Crippen LogP contribution is -2.51. The monoisotopic (exact) mass is 375 g/mol. The minimum atomic E-state index is -0.580. The van der Waals surface area contributed by atoms with Crippen LogP contribution in [0.3, 0.4) is 0 Å². The Morgan fingerprint density at radius 3 is 2.50 bits per heavy atom. The molecule has 2 amide bonds. The molecule has 0 saturated heterocycles. The standard InChI is InChI=1S/C16H25N3O3S.ClH/c1-12(10-17)18-16(21)14(8-9-23-2)19-15(20)11-22-13-6-4-3-5-7-13;/h3-7,12,14H,8-11,17H2,1-2H3,(H,18,21)(H,19,20);1H/t12-,14?;/m0./s1. The summed E-state index contributed by atoms with van der Waals surface area (Å²) in [6.45, 7) is 2.05. The van der Waals surface area contributed by atoms with Crippen molar-refractivity contribution in [2.75, 3.05) is 25.2 Å². The Hall–Kier alpha value is -1.44. The Morgan fingerprint density at radius 1 is 1.25 bits per heavy atom. The van der Waals surface area contributed by atoms with Gasteiger partial charge in [0.1, 0.15) is 11.8 Å². The van der Waals surface area contributed by atoms with Crippen LogP contribution in [0.5, 0.6) is 5.75 Å². The average Bonchev–Trinajstić information content (AvgIpc) is 2.57. The van der Waals surface area contributed by atoms with Crippen molar-refractivity contribution in [1.82, 2.24) is 10.6 Å². The first-order valence-electron chi connectivity index (χ1n) is 7.53. The highest BCUT2D eigenvalue weighted by Gasteiger charge is 2.21. The molecule has 136 valence electrons. The number of rotatable bonds is 10. The molecule has 6 nitrogen and oxygen atoms in total. The summed E-state index contributed by atoms with van der Waals surface area (Å²) in [5, 5.41) is 5.51. The molecule has 0 heterocycles. The third-order valence-electron chi connectivity index (χ3n) is 3.12. The van der Waals surface area contributed by atoms with E-state index in [2.05, 4.69) is 10.6 Å². The number of thioether (sulfide) groups is 1. The number of carbonyl (C=O) groups excluding carboxylic acids is 2. The lowest BCUT2D eigenvalue weighted by Gasteiger charge is -2.20. The molecule has 0 spiro atoms. The fraction of sp³-hybridized carbons (Fsp3) is 0.500. The van der Waals surface area contributed by atoms with E-state index in [1.807, 2.05) is 31.4 Å². The highest BCUT2D eigenvalue weighted by molar-refractivity contribution is 7.98. The maximum absolute atomic E-state index is 12.2. The van der Waals surface area contributed by atoms with Gasteiger partial charge in [-0.25, -0.2) is 0 Å². The fourth-order valence-corrected chi connectivity index (χ4v) is 2.28. The molecule has 8 heteroatoms. The molecule has 24 heavy (non-hydrogen) atoms. The molecule has 4 N–H and O–H groups in total. The number of nitrogens with one attached hydrogen (secondary N) is 2. The Balaban J connectivity index is 0.00000529. The van der Waals surface area contributed by atoms with E-state index >= 15 is 0 Å². The second kappa shape index (κ2) is 12.9. The molecular formula is C16H26ClN3O3S. The molecular weight excluding hydrogens is 350 g/mol. The Morgan fingerprint density at radius 2 is 1.92 bits per heavy atom. The van der Waals surface area contributed by atoms with E-state index in [1.165, 1.54) is 0 Å². The molecule has 1 rings (SSSR count). The molecule has 1 unspecified atom stereocenters. The van der Waals surface area contributed by atoms with E-state index in [1.54, 1.807) is 23.9 Å². The third kappa shape index (κ3) is 9.00. The summed E-state index contributed by atoms with van der Waals surface area (Å²) in [7, 11) is 0. The molecule has 0 aromatic heterocycles. The molecule has 1 aromatic rings. The lowest BCUT2D eigenvalue weighted by atomic mass is 10.2. The number of hydrogen-bond acceptors (Lipinski definition) is 5. The Kier molecular flexibility index (Phi) is 12.1. The number of halogens is 1. The van der Waals surface area contributed by atoms with Gasteiger partial charge in [-0.05, 0) is 37.5 Å². The topological polar surface area (TPSA) is 93.4 Å². The molecule has 0 aliphatic rings. The second-order valence-electron chi connectivity index (χ2n) is 5.15. The number of benzene rings is 1. The van der Waals surface area contributed by atoms with Gasteiger partial charge in [-0.2, -0.15) is 11.8 Å². The third-order valence-corrected chi connectivity index (χ3v) is 3.76. The summed E-state index contributed by atoms with van der Waals surface area (Å²) in [4.78, 5) is 24.2. The van der Waals surface area contributed by atoms with Gasteiger partial charge in [0.25, 0.3) is 5.91 Å². The van der Waals surface area contributed by atoms with Gasteiger partial charge in [-0.3, -0.25) is 9.59 Å². The highest BCUT2D eigenvalue weighted by Crippen LogP contribution is 2.08. The predicted octanol–water partition coefficient (Wildman–Crippen LogP) is 1.19. The van der Waals surface area contributed by atoms with E-state index < -0.39 is 6.04 Å². The SMILES string of the molecule is CSCCC(NC(=O)COc1ccccc1)C(=O)N[C@@H](C)CN.Cl. The molecule has 1 aromatic carbocycles. The van der Waals surface area contributed by atoms with Gasteiger partial charge in [-0.1, -0.05) is 18.2 Å². The second-order valence-corrected chi connectivity index (χ2v) is 6.13. The van der Waals surface area contributed by atoms with E-state index in [9.17, 15) is 9.59 Å². The van der Waals surface area contributed by atoms with E-state index in [4.69, 9.17) is 10.5 Å². The van der Waals surface area contributed by atoms with Gasteiger partial charge in [0.15, 0.2) is 6.61 Å². The summed E-state index contributed by atoms with van der Waals surface area (Å²) >= 11 is 1.62. The minimum absolute atomic E-state index is 0.